The summed E-state index contributed by atoms with van der Waals surface area (Å²) < 4.78 is 14.7. The molecule has 8 nitrogen and oxygen atoms in total. The number of hydrogen-bond donors (Lipinski definition) is 1. The van der Waals surface area contributed by atoms with Gasteiger partial charge in [-0.1, -0.05) is 0 Å². The predicted molar refractivity (Wildman–Crippen MR) is 134 cm³/mol. The molecule has 3 heterocycles. The maximum Gasteiger partial charge on any atom is 0.169 e. The molecule has 1 aromatic carbocycles. The summed E-state index contributed by atoms with van der Waals surface area (Å²) in [4.78, 5) is 47.0. The van der Waals surface area contributed by atoms with Crippen LogP contribution in [0.2, 0.25) is 0 Å². The van der Waals surface area contributed by atoms with E-state index in [2.05, 4.69) is 20.2 Å². The summed E-state index contributed by atoms with van der Waals surface area (Å²) in [5.41, 5.74) is 1.24. The molecule has 1 aromatic rings. The minimum atomic E-state index is -0.453. The van der Waals surface area contributed by atoms with Crippen LogP contribution in [0.1, 0.15) is 46.9 Å². The summed E-state index contributed by atoms with van der Waals surface area (Å²) in [5, 5.41) is 3.32. The third-order valence-electron chi connectivity index (χ3n) is 7.22. The second kappa shape index (κ2) is 11.0. The van der Waals surface area contributed by atoms with Crippen molar-refractivity contribution in [1.82, 2.24) is 10.2 Å². The number of nitrogens with one attached hydrogen (secondary N) is 1. The lowest BCUT2D eigenvalue weighted by atomic mass is 9.75. The number of ketones is 1. The van der Waals surface area contributed by atoms with E-state index in [1.165, 1.54) is 25.3 Å². The fourth-order valence-corrected chi connectivity index (χ4v) is 5.34. The Morgan fingerprint density at radius 3 is 2.69 bits per heavy atom. The number of hydrogen-bond acceptors (Lipinski definition) is 8. The normalized spacial score (nSPS) is 24.3. The highest BCUT2D eigenvalue weighted by molar-refractivity contribution is 6.54. The van der Waals surface area contributed by atoms with Crippen molar-refractivity contribution in [2.24, 2.45) is 21.3 Å². The Morgan fingerprint density at radius 2 is 2.00 bits per heavy atom. The zero-order valence-corrected chi connectivity index (χ0v) is 20.1. The van der Waals surface area contributed by atoms with Crippen molar-refractivity contribution in [3.8, 4) is 0 Å². The van der Waals surface area contributed by atoms with E-state index in [9.17, 15) is 18.8 Å². The summed E-state index contributed by atoms with van der Waals surface area (Å²) in [7, 11) is 0. The van der Waals surface area contributed by atoms with Crippen LogP contribution in [-0.4, -0.2) is 81.0 Å². The first-order valence-corrected chi connectivity index (χ1v) is 12.1. The number of carbonyl (C=O) groups is 3. The van der Waals surface area contributed by atoms with Gasteiger partial charge in [-0.25, -0.2) is 4.39 Å². The number of halogens is 1. The fraction of sp³-hybridized carbons (Fsp3) is 0.500. The average Bonchev–Trinajstić information content (AvgIpc) is 2.88. The lowest BCUT2D eigenvalue weighted by Gasteiger charge is -2.52. The van der Waals surface area contributed by atoms with Crippen LogP contribution >= 0.6 is 0 Å². The Kier molecular flexibility index (Phi) is 7.85. The standard InChI is InChI=1S/C26H32FN5O3/c1-19(35)23-11-24(27)25(10-21(23)14-33)32-8-2-20(3-9-32)13-31-17-26(18-31)4-5-28-12-22(15-34)30-7-6-29-16-26/h6-7,10-12,14-15,20,29H,2-5,8-9,13,16-18H2,1H3/b7-6+,28-12-,30-22+. The number of carbonyl (C=O) groups excluding carboxylic acids is 3. The summed E-state index contributed by atoms with van der Waals surface area (Å²) in [6, 6.07) is 2.70. The van der Waals surface area contributed by atoms with Gasteiger partial charge in [-0.2, -0.15) is 0 Å². The van der Waals surface area contributed by atoms with Gasteiger partial charge in [0.05, 0.1) is 11.9 Å². The smallest absolute Gasteiger partial charge is 0.169 e. The van der Waals surface area contributed by atoms with Gasteiger partial charge in [-0.05, 0) is 44.2 Å². The van der Waals surface area contributed by atoms with E-state index in [4.69, 9.17) is 0 Å². The second-order valence-corrected chi connectivity index (χ2v) is 9.82. The Balaban J connectivity index is 1.29. The van der Waals surface area contributed by atoms with Crippen molar-refractivity contribution < 1.29 is 18.8 Å². The van der Waals surface area contributed by atoms with Crippen molar-refractivity contribution in [2.45, 2.75) is 26.2 Å². The van der Waals surface area contributed by atoms with E-state index >= 15 is 0 Å². The Bertz CT molecular complexity index is 1050. The number of rotatable bonds is 6. The first-order chi connectivity index (χ1) is 16.9. The molecule has 0 unspecified atom stereocenters. The minimum absolute atomic E-state index is 0.131. The summed E-state index contributed by atoms with van der Waals surface area (Å²) >= 11 is 0. The van der Waals surface area contributed by atoms with Crippen LogP contribution in [0.3, 0.4) is 0 Å². The monoisotopic (exact) mass is 481 g/mol. The van der Waals surface area contributed by atoms with Gasteiger partial charge in [-0.3, -0.25) is 24.4 Å². The van der Waals surface area contributed by atoms with Crippen molar-refractivity contribution in [3.05, 3.63) is 41.5 Å². The van der Waals surface area contributed by atoms with Crippen LogP contribution in [0, 0.1) is 17.2 Å². The molecule has 0 saturated carbocycles. The molecule has 9 heteroatoms. The molecular formula is C26H32FN5O3. The van der Waals surface area contributed by atoms with Gasteiger partial charge in [0.15, 0.2) is 18.4 Å². The molecule has 0 aliphatic carbocycles. The van der Waals surface area contributed by atoms with Crippen LogP contribution in [0.5, 0.6) is 0 Å². The highest BCUT2D eigenvalue weighted by atomic mass is 19.1. The van der Waals surface area contributed by atoms with Crippen LogP contribution in [0.25, 0.3) is 0 Å². The molecule has 3 aliphatic heterocycles. The van der Waals surface area contributed by atoms with E-state index in [0.29, 0.717) is 36.4 Å². The molecule has 3 aliphatic rings. The van der Waals surface area contributed by atoms with Gasteiger partial charge in [0, 0.05) is 74.8 Å². The third kappa shape index (κ3) is 5.90. The molecule has 0 bridgehead atoms. The van der Waals surface area contributed by atoms with Crippen LogP contribution < -0.4 is 10.2 Å². The van der Waals surface area contributed by atoms with E-state index in [-0.39, 0.29) is 22.3 Å². The molecule has 1 N–H and O–H groups in total. The van der Waals surface area contributed by atoms with Crippen molar-refractivity contribution in [3.63, 3.8) is 0 Å². The van der Waals surface area contributed by atoms with Gasteiger partial charge in [0.1, 0.15) is 11.5 Å². The van der Waals surface area contributed by atoms with Gasteiger partial charge in [0.25, 0.3) is 0 Å². The lowest BCUT2D eigenvalue weighted by molar-refractivity contribution is -0.102. The average molecular weight is 482 g/mol. The molecule has 0 atom stereocenters. The highest BCUT2D eigenvalue weighted by Crippen LogP contribution is 2.36. The number of likely N-dealkylation sites (tertiary alicyclic amines) is 1. The summed E-state index contributed by atoms with van der Waals surface area (Å²) in [6.07, 6.45) is 9.07. The molecule has 2 fully saturated rings. The number of benzene rings is 1. The second-order valence-electron chi connectivity index (χ2n) is 9.82. The molecule has 4 rings (SSSR count). The van der Waals surface area contributed by atoms with Crippen LogP contribution in [0.4, 0.5) is 10.1 Å². The quantitative estimate of drug-likeness (QED) is 0.496. The predicted octanol–water partition coefficient (Wildman–Crippen LogP) is 2.53. The van der Waals surface area contributed by atoms with Gasteiger partial charge in [0.2, 0.25) is 0 Å². The number of piperidine rings is 1. The van der Waals surface area contributed by atoms with E-state index in [1.807, 2.05) is 4.90 Å². The van der Waals surface area contributed by atoms with E-state index in [0.717, 1.165) is 58.5 Å². The lowest BCUT2D eigenvalue weighted by Crippen LogP contribution is -2.61. The van der Waals surface area contributed by atoms with Gasteiger partial charge < -0.3 is 15.1 Å². The first kappa shape index (κ1) is 24.9. The SMILES string of the molecule is CC(=O)c1cc(F)c(N2CCC(CN3CC4(CC\N=C/C(C=O)=N\C=C\NC4)C3)CC2)cc1C=O. The maximum absolute atomic E-state index is 14.7. The Hall–Kier alpha value is -3.20. The van der Waals surface area contributed by atoms with Crippen molar-refractivity contribution in [2.75, 3.05) is 50.7 Å². The zero-order valence-electron chi connectivity index (χ0n) is 20.1. The molecule has 0 aromatic heterocycles. The molecule has 0 radical (unpaired) electrons. The highest BCUT2D eigenvalue weighted by Gasteiger charge is 2.42. The van der Waals surface area contributed by atoms with Crippen LogP contribution in [-0.2, 0) is 4.79 Å². The number of nitrogens with zero attached hydrogens (tertiary/aromatic N) is 4. The van der Waals surface area contributed by atoms with Gasteiger partial charge >= 0.3 is 0 Å². The number of anilines is 1. The third-order valence-corrected chi connectivity index (χ3v) is 7.22. The summed E-state index contributed by atoms with van der Waals surface area (Å²) in [6.45, 7) is 7.29. The minimum Gasteiger partial charge on any atom is -0.389 e. The molecule has 35 heavy (non-hydrogen) atoms. The molecule has 0 amide bonds. The maximum atomic E-state index is 14.7. The van der Waals surface area contributed by atoms with E-state index < -0.39 is 5.82 Å². The molecule has 186 valence electrons. The molecule has 2 saturated heterocycles. The number of Topliss-reactive ketones (excluding diaryl/α,β-unsaturated/α-hetero) is 1. The first-order valence-electron chi connectivity index (χ1n) is 12.1. The Morgan fingerprint density at radius 1 is 1.23 bits per heavy atom. The molecular weight excluding hydrogens is 449 g/mol. The topological polar surface area (TPSA) is 94.4 Å². The summed E-state index contributed by atoms with van der Waals surface area (Å²) in [5.74, 6) is -0.233. The zero-order chi connectivity index (χ0) is 24.8. The van der Waals surface area contributed by atoms with Crippen LogP contribution in [0.15, 0.2) is 34.5 Å². The Labute approximate surface area is 205 Å². The van der Waals surface area contributed by atoms with E-state index in [1.54, 1.807) is 12.4 Å². The van der Waals surface area contributed by atoms with Crippen molar-refractivity contribution in [1.29, 1.82) is 0 Å². The number of aliphatic imine (C=N–C) groups is 2. The van der Waals surface area contributed by atoms with Gasteiger partial charge in [-0.15, -0.1) is 0 Å². The fourth-order valence-electron chi connectivity index (χ4n) is 5.34. The van der Waals surface area contributed by atoms with Crippen molar-refractivity contribution >= 4 is 36.0 Å². The molecule has 1 spiro atoms. The number of aldehydes is 2. The largest absolute Gasteiger partial charge is 0.389 e.